The minimum absolute atomic E-state index is 0.149. The van der Waals surface area contributed by atoms with Gasteiger partial charge in [0.15, 0.2) is 0 Å². The molecule has 0 atom stereocenters. The average Bonchev–Trinajstić information content (AvgIpc) is 2.67. The summed E-state index contributed by atoms with van der Waals surface area (Å²) in [5, 5.41) is 10.6. The molecule has 0 radical (unpaired) electrons. The van der Waals surface area contributed by atoms with E-state index in [-0.39, 0.29) is 18.7 Å². The van der Waals surface area contributed by atoms with Crippen LogP contribution in [0.2, 0.25) is 0 Å². The van der Waals surface area contributed by atoms with Gasteiger partial charge in [0.2, 0.25) is 0 Å². The molecule has 28 heavy (non-hydrogen) atoms. The number of hydrogen-bond donors (Lipinski definition) is 0. The summed E-state index contributed by atoms with van der Waals surface area (Å²) >= 11 is 0. The normalized spacial score (nSPS) is 13.3. The van der Waals surface area contributed by atoms with Crippen LogP contribution in [0.1, 0.15) is 42.9 Å². The summed E-state index contributed by atoms with van der Waals surface area (Å²) < 4.78 is 14.3. The van der Waals surface area contributed by atoms with Crippen LogP contribution in [-0.4, -0.2) is 26.1 Å². The summed E-state index contributed by atoms with van der Waals surface area (Å²) in [5.41, 5.74) is 5.13. The average molecular weight is 383 g/mol. The van der Waals surface area contributed by atoms with E-state index >= 15 is 0 Å². The van der Waals surface area contributed by atoms with E-state index in [9.17, 15) is 14.3 Å². The summed E-state index contributed by atoms with van der Waals surface area (Å²) in [4.78, 5) is 15.1. The monoisotopic (exact) mass is 383 g/mol. The van der Waals surface area contributed by atoms with Crippen LogP contribution in [0, 0.1) is 5.82 Å². The first-order valence-electron chi connectivity index (χ1n) is 10.0. The van der Waals surface area contributed by atoms with E-state index in [0.29, 0.717) is 12.1 Å². The fraction of sp³-hybridized carbons (Fsp3) is 0.435. The Morgan fingerprint density at radius 2 is 2.07 bits per heavy atom. The van der Waals surface area contributed by atoms with Crippen molar-refractivity contribution in [3.8, 4) is 0 Å². The SMILES string of the molecule is CCCN1CCCc2ccc(CN(C)c3ccc(CCC(=O)[O-])c(F)c3)cc21. The van der Waals surface area contributed by atoms with Crippen molar-refractivity contribution in [2.45, 2.75) is 45.6 Å². The van der Waals surface area contributed by atoms with Crippen molar-refractivity contribution in [2.75, 3.05) is 29.9 Å². The van der Waals surface area contributed by atoms with Crippen LogP contribution in [0.4, 0.5) is 15.8 Å². The van der Waals surface area contributed by atoms with E-state index in [2.05, 4.69) is 30.0 Å². The smallest absolute Gasteiger partial charge is 0.128 e. The first-order chi connectivity index (χ1) is 13.5. The molecule has 5 heteroatoms. The lowest BCUT2D eigenvalue weighted by Crippen LogP contribution is -2.30. The molecular formula is C23H28FN2O2-. The van der Waals surface area contributed by atoms with E-state index in [1.807, 2.05) is 18.0 Å². The zero-order valence-corrected chi connectivity index (χ0v) is 16.7. The number of carboxylic acids is 1. The van der Waals surface area contributed by atoms with Crippen LogP contribution in [0.5, 0.6) is 0 Å². The van der Waals surface area contributed by atoms with Crippen molar-refractivity contribution in [1.29, 1.82) is 0 Å². The number of nitrogens with zero attached hydrogens (tertiary/aromatic N) is 2. The van der Waals surface area contributed by atoms with Gasteiger partial charge in [0, 0.05) is 44.0 Å². The molecule has 150 valence electrons. The van der Waals surface area contributed by atoms with Crippen LogP contribution >= 0.6 is 0 Å². The molecule has 0 unspecified atom stereocenters. The number of anilines is 2. The predicted octanol–water partition coefficient (Wildman–Crippen LogP) is 3.31. The van der Waals surface area contributed by atoms with Gasteiger partial charge in [-0.05, 0) is 67.0 Å². The second-order valence-electron chi connectivity index (χ2n) is 7.56. The highest BCUT2D eigenvalue weighted by Gasteiger charge is 2.17. The molecule has 3 rings (SSSR count). The molecule has 0 aromatic heterocycles. The van der Waals surface area contributed by atoms with E-state index < -0.39 is 5.97 Å². The fourth-order valence-corrected chi connectivity index (χ4v) is 3.87. The summed E-state index contributed by atoms with van der Waals surface area (Å²) in [6, 6.07) is 11.6. The van der Waals surface area contributed by atoms with E-state index in [1.54, 1.807) is 6.07 Å². The summed E-state index contributed by atoms with van der Waals surface area (Å²) in [7, 11) is 1.94. The topological polar surface area (TPSA) is 46.6 Å². The van der Waals surface area contributed by atoms with Gasteiger partial charge in [-0.1, -0.05) is 25.1 Å². The number of hydrogen-bond acceptors (Lipinski definition) is 4. The zero-order valence-electron chi connectivity index (χ0n) is 16.7. The molecule has 1 aliphatic rings. The molecule has 0 bridgehead atoms. The molecule has 1 heterocycles. The maximum Gasteiger partial charge on any atom is 0.128 e. The van der Waals surface area contributed by atoms with Crippen molar-refractivity contribution in [2.24, 2.45) is 0 Å². The molecule has 0 saturated heterocycles. The van der Waals surface area contributed by atoms with Crippen LogP contribution in [0.3, 0.4) is 0 Å². The van der Waals surface area contributed by atoms with Gasteiger partial charge < -0.3 is 19.7 Å². The number of carbonyl (C=O) groups excluding carboxylic acids is 1. The lowest BCUT2D eigenvalue weighted by molar-refractivity contribution is -0.305. The molecule has 0 N–H and O–H groups in total. The highest BCUT2D eigenvalue weighted by Crippen LogP contribution is 2.29. The molecular weight excluding hydrogens is 355 g/mol. The molecule has 4 nitrogen and oxygen atoms in total. The first kappa shape index (κ1) is 20.2. The van der Waals surface area contributed by atoms with Crippen molar-refractivity contribution in [3.63, 3.8) is 0 Å². The molecule has 0 fully saturated rings. The Morgan fingerprint density at radius 3 is 2.79 bits per heavy atom. The maximum absolute atomic E-state index is 14.3. The minimum Gasteiger partial charge on any atom is -0.550 e. The van der Waals surface area contributed by atoms with Crippen LogP contribution in [-0.2, 0) is 24.2 Å². The van der Waals surface area contributed by atoms with Crippen molar-refractivity contribution in [3.05, 3.63) is 58.9 Å². The Labute approximate surface area is 166 Å². The van der Waals surface area contributed by atoms with E-state index in [4.69, 9.17) is 0 Å². The van der Waals surface area contributed by atoms with Gasteiger partial charge in [-0.25, -0.2) is 4.39 Å². The zero-order chi connectivity index (χ0) is 20.1. The quantitative estimate of drug-likeness (QED) is 0.702. The Kier molecular flexibility index (Phi) is 6.55. The third-order valence-corrected chi connectivity index (χ3v) is 5.35. The van der Waals surface area contributed by atoms with Gasteiger partial charge in [-0.3, -0.25) is 0 Å². The molecule has 0 saturated carbocycles. The van der Waals surface area contributed by atoms with E-state index in [1.165, 1.54) is 29.3 Å². The summed E-state index contributed by atoms with van der Waals surface area (Å²) in [6.07, 6.45) is 3.44. The number of aliphatic carboxylic acids is 1. The third kappa shape index (κ3) is 4.83. The Balaban J connectivity index is 1.72. The lowest BCUT2D eigenvalue weighted by atomic mass is 9.99. The third-order valence-electron chi connectivity index (χ3n) is 5.35. The molecule has 2 aromatic rings. The van der Waals surface area contributed by atoms with E-state index in [0.717, 1.165) is 31.6 Å². The van der Waals surface area contributed by atoms with Gasteiger partial charge in [0.25, 0.3) is 0 Å². The van der Waals surface area contributed by atoms with Gasteiger partial charge in [0.05, 0.1) is 0 Å². The highest BCUT2D eigenvalue weighted by atomic mass is 19.1. The number of aryl methyl sites for hydroxylation is 2. The van der Waals surface area contributed by atoms with Gasteiger partial charge in [-0.15, -0.1) is 0 Å². The maximum atomic E-state index is 14.3. The van der Waals surface area contributed by atoms with Crippen molar-refractivity contribution < 1.29 is 14.3 Å². The van der Waals surface area contributed by atoms with Crippen LogP contribution in [0.15, 0.2) is 36.4 Å². The van der Waals surface area contributed by atoms with Crippen LogP contribution < -0.4 is 14.9 Å². The number of halogens is 1. The van der Waals surface area contributed by atoms with Gasteiger partial charge >= 0.3 is 0 Å². The highest BCUT2D eigenvalue weighted by molar-refractivity contribution is 5.64. The number of fused-ring (bicyclic) bond motifs is 1. The van der Waals surface area contributed by atoms with Gasteiger partial charge in [0.1, 0.15) is 5.82 Å². The van der Waals surface area contributed by atoms with Crippen LogP contribution in [0.25, 0.3) is 0 Å². The summed E-state index contributed by atoms with van der Waals surface area (Å²) in [5.74, 6) is -1.53. The number of carbonyl (C=O) groups is 1. The summed E-state index contributed by atoms with van der Waals surface area (Å²) in [6.45, 7) is 5.08. The standard InChI is InChI=1S/C23H29FN2O2/c1-3-12-26-13-4-5-19-7-6-17(14-22(19)26)16-25(2)20-10-8-18(21(24)15-20)9-11-23(27)28/h6-8,10,14-15H,3-5,9,11-13,16H2,1-2H3,(H,27,28)/p-1. The fourth-order valence-electron chi connectivity index (χ4n) is 3.87. The molecule has 0 amide bonds. The Bertz CT molecular complexity index is 837. The first-order valence-corrected chi connectivity index (χ1v) is 10.0. The predicted molar refractivity (Wildman–Crippen MR) is 109 cm³/mol. The van der Waals surface area contributed by atoms with Gasteiger partial charge in [-0.2, -0.15) is 0 Å². The second-order valence-corrected chi connectivity index (χ2v) is 7.56. The molecule has 0 spiro atoms. The minimum atomic E-state index is -1.16. The number of benzene rings is 2. The molecule has 0 aliphatic carbocycles. The molecule has 2 aromatic carbocycles. The van der Waals surface area contributed by atoms with Crippen molar-refractivity contribution in [1.82, 2.24) is 0 Å². The number of carboxylic acid groups (broad SMARTS) is 1. The Morgan fingerprint density at radius 1 is 1.25 bits per heavy atom. The number of rotatable bonds is 8. The molecule has 1 aliphatic heterocycles. The Hall–Kier alpha value is -2.56. The lowest BCUT2D eigenvalue weighted by Gasteiger charge is -2.32. The second kappa shape index (κ2) is 9.09. The van der Waals surface area contributed by atoms with Crippen molar-refractivity contribution >= 4 is 17.3 Å². The largest absolute Gasteiger partial charge is 0.550 e.